The second-order valence-electron chi connectivity index (χ2n) is 6.61. The number of nitrogens with one attached hydrogen (secondary N) is 2. The normalized spacial score (nSPS) is 18.0. The molecule has 1 aromatic carbocycles. The van der Waals surface area contributed by atoms with Crippen LogP contribution in [0.25, 0.3) is 0 Å². The van der Waals surface area contributed by atoms with Gasteiger partial charge in [0, 0.05) is 25.2 Å². The average Bonchev–Trinajstić information content (AvgIpc) is 2.45. The third kappa shape index (κ3) is 6.37. The van der Waals surface area contributed by atoms with E-state index in [1.807, 2.05) is 45.9 Å². The molecule has 1 aliphatic heterocycles. The molecular formula is C17H27ClN2O3. The van der Waals surface area contributed by atoms with Gasteiger partial charge in [0.1, 0.15) is 17.5 Å². The van der Waals surface area contributed by atoms with E-state index >= 15 is 0 Å². The molecule has 0 radical (unpaired) electrons. The van der Waals surface area contributed by atoms with Crippen molar-refractivity contribution in [2.24, 2.45) is 0 Å². The highest BCUT2D eigenvalue weighted by Gasteiger charge is 2.22. The number of hydrogen-bond donors (Lipinski definition) is 2. The molecule has 1 fully saturated rings. The zero-order valence-corrected chi connectivity index (χ0v) is 15.1. The molecular weight excluding hydrogens is 316 g/mol. The summed E-state index contributed by atoms with van der Waals surface area (Å²) in [7, 11) is 0. The summed E-state index contributed by atoms with van der Waals surface area (Å²) in [6.07, 6.45) is -0.411. The lowest BCUT2D eigenvalue weighted by molar-refractivity contribution is -0.134. The van der Waals surface area contributed by atoms with Crippen molar-refractivity contribution >= 4 is 18.3 Å². The van der Waals surface area contributed by atoms with Gasteiger partial charge in [-0.3, -0.25) is 4.79 Å². The number of benzene rings is 1. The van der Waals surface area contributed by atoms with Gasteiger partial charge >= 0.3 is 0 Å². The monoisotopic (exact) mass is 342 g/mol. The van der Waals surface area contributed by atoms with Gasteiger partial charge in [0.25, 0.3) is 5.91 Å². The van der Waals surface area contributed by atoms with E-state index in [2.05, 4.69) is 10.6 Å². The van der Waals surface area contributed by atoms with Crippen molar-refractivity contribution in [2.75, 3.05) is 19.7 Å². The third-order valence-electron chi connectivity index (χ3n) is 3.31. The third-order valence-corrected chi connectivity index (χ3v) is 3.31. The van der Waals surface area contributed by atoms with Gasteiger partial charge in [-0.05, 0) is 39.3 Å². The van der Waals surface area contributed by atoms with E-state index < -0.39 is 6.10 Å². The molecule has 2 rings (SSSR count). The molecule has 1 saturated heterocycles. The maximum atomic E-state index is 12.1. The van der Waals surface area contributed by atoms with Crippen molar-refractivity contribution in [3.8, 4) is 5.75 Å². The van der Waals surface area contributed by atoms with E-state index in [4.69, 9.17) is 9.47 Å². The average molecular weight is 343 g/mol. The Balaban J connectivity index is 0.00000264. The number of carbonyl (C=O) groups is 1. The summed E-state index contributed by atoms with van der Waals surface area (Å²) in [4.78, 5) is 12.1. The molecule has 130 valence electrons. The Labute approximate surface area is 144 Å². The van der Waals surface area contributed by atoms with Crippen LogP contribution < -0.4 is 15.4 Å². The molecule has 0 aliphatic carbocycles. The largest absolute Gasteiger partial charge is 0.488 e. The summed E-state index contributed by atoms with van der Waals surface area (Å²) in [6.45, 7) is 10.4. The maximum Gasteiger partial charge on any atom is 0.250 e. The van der Waals surface area contributed by atoms with Gasteiger partial charge in [0.05, 0.1) is 6.61 Å². The van der Waals surface area contributed by atoms with Gasteiger partial charge in [-0.15, -0.1) is 12.4 Å². The van der Waals surface area contributed by atoms with Gasteiger partial charge in [-0.25, -0.2) is 0 Å². The van der Waals surface area contributed by atoms with E-state index in [1.54, 1.807) is 0 Å². The van der Waals surface area contributed by atoms with Crippen LogP contribution in [0.4, 0.5) is 0 Å². The number of rotatable bonds is 4. The first-order valence-electron chi connectivity index (χ1n) is 7.74. The highest BCUT2D eigenvalue weighted by atomic mass is 35.5. The molecule has 0 bridgehead atoms. The Hall–Kier alpha value is -1.30. The Morgan fingerprint density at radius 1 is 1.43 bits per heavy atom. The molecule has 1 aliphatic rings. The maximum absolute atomic E-state index is 12.1. The predicted octanol–water partition coefficient (Wildman–Crippen LogP) is 2.20. The van der Waals surface area contributed by atoms with Crippen molar-refractivity contribution in [3.05, 3.63) is 29.3 Å². The number of ether oxygens (including phenoxy) is 2. The number of hydrogen-bond acceptors (Lipinski definition) is 4. The number of aryl methyl sites for hydroxylation is 1. The minimum Gasteiger partial charge on any atom is -0.488 e. The Morgan fingerprint density at radius 2 is 2.17 bits per heavy atom. The SMILES string of the molecule is Cc1ccc(CNC(=O)C2CNCCO2)c(OC(C)(C)C)c1.Cl. The van der Waals surface area contributed by atoms with Crippen LogP contribution in [-0.4, -0.2) is 37.3 Å². The quantitative estimate of drug-likeness (QED) is 0.880. The van der Waals surface area contributed by atoms with Crippen LogP contribution >= 0.6 is 12.4 Å². The van der Waals surface area contributed by atoms with Crippen LogP contribution in [0.2, 0.25) is 0 Å². The van der Waals surface area contributed by atoms with Gasteiger partial charge < -0.3 is 20.1 Å². The summed E-state index contributed by atoms with van der Waals surface area (Å²) in [5.41, 5.74) is 1.83. The van der Waals surface area contributed by atoms with Gasteiger partial charge in [-0.1, -0.05) is 12.1 Å². The van der Waals surface area contributed by atoms with Gasteiger partial charge in [-0.2, -0.15) is 0 Å². The molecule has 0 saturated carbocycles. The lowest BCUT2D eigenvalue weighted by atomic mass is 10.1. The fraction of sp³-hybridized carbons (Fsp3) is 0.588. The van der Waals surface area contributed by atoms with Crippen LogP contribution in [-0.2, 0) is 16.1 Å². The first kappa shape index (κ1) is 19.7. The second kappa shape index (κ2) is 8.52. The van der Waals surface area contributed by atoms with Crippen LogP contribution in [0.5, 0.6) is 5.75 Å². The minimum atomic E-state index is -0.411. The van der Waals surface area contributed by atoms with Crippen LogP contribution in [0, 0.1) is 6.92 Å². The number of halogens is 1. The van der Waals surface area contributed by atoms with E-state index in [-0.39, 0.29) is 23.9 Å². The molecule has 23 heavy (non-hydrogen) atoms. The Morgan fingerprint density at radius 3 is 2.78 bits per heavy atom. The van der Waals surface area contributed by atoms with E-state index in [0.717, 1.165) is 23.4 Å². The zero-order valence-electron chi connectivity index (χ0n) is 14.3. The number of carbonyl (C=O) groups excluding carboxylic acids is 1. The van der Waals surface area contributed by atoms with Gasteiger partial charge in [0.2, 0.25) is 0 Å². The van der Waals surface area contributed by atoms with Crippen molar-refractivity contribution < 1.29 is 14.3 Å². The molecule has 6 heteroatoms. The lowest BCUT2D eigenvalue weighted by Crippen LogP contribution is -2.47. The molecule has 1 aromatic rings. The van der Waals surface area contributed by atoms with E-state index in [9.17, 15) is 4.79 Å². The Bertz CT molecular complexity index is 523. The van der Waals surface area contributed by atoms with E-state index in [0.29, 0.717) is 19.7 Å². The molecule has 5 nitrogen and oxygen atoms in total. The summed E-state index contributed by atoms with van der Waals surface area (Å²) < 4.78 is 11.4. The first-order chi connectivity index (χ1) is 10.3. The highest BCUT2D eigenvalue weighted by Crippen LogP contribution is 2.24. The van der Waals surface area contributed by atoms with Crippen molar-refractivity contribution in [2.45, 2.75) is 45.9 Å². The molecule has 1 heterocycles. The van der Waals surface area contributed by atoms with Crippen LogP contribution in [0.3, 0.4) is 0 Å². The summed E-state index contributed by atoms with van der Waals surface area (Å²) >= 11 is 0. The summed E-state index contributed by atoms with van der Waals surface area (Å²) in [5, 5.41) is 6.08. The molecule has 1 atom stereocenters. The Kier molecular flexibility index (Phi) is 7.32. The van der Waals surface area contributed by atoms with Gasteiger partial charge in [0.15, 0.2) is 0 Å². The fourth-order valence-electron chi connectivity index (χ4n) is 2.26. The molecule has 0 spiro atoms. The molecule has 1 amide bonds. The topological polar surface area (TPSA) is 59.6 Å². The predicted molar refractivity (Wildman–Crippen MR) is 93.3 cm³/mol. The summed E-state index contributed by atoms with van der Waals surface area (Å²) in [6, 6.07) is 6.03. The summed E-state index contributed by atoms with van der Waals surface area (Å²) in [5.74, 6) is 0.727. The van der Waals surface area contributed by atoms with Crippen LogP contribution in [0.15, 0.2) is 18.2 Å². The fourth-order valence-corrected chi connectivity index (χ4v) is 2.26. The number of morpholine rings is 1. The lowest BCUT2D eigenvalue weighted by Gasteiger charge is -2.25. The standard InChI is InChI=1S/C17H26N2O3.ClH/c1-12-5-6-13(14(9-12)22-17(2,3)4)10-19-16(20)15-11-18-7-8-21-15;/h5-6,9,15,18H,7-8,10-11H2,1-4H3,(H,19,20);1H. The molecule has 1 unspecified atom stereocenters. The highest BCUT2D eigenvalue weighted by molar-refractivity contribution is 5.85. The van der Waals surface area contributed by atoms with Crippen molar-refractivity contribution in [1.82, 2.24) is 10.6 Å². The van der Waals surface area contributed by atoms with Crippen molar-refractivity contribution in [3.63, 3.8) is 0 Å². The second-order valence-corrected chi connectivity index (χ2v) is 6.61. The number of amides is 1. The first-order valence-corrected chi connectivity index (χ1v) is 7.74. The van der Waals surface area contributed by atoms with E-state index in [1.165, 1.54) is 0 Å². The molecule has 2 N–H and O–H groups in total. The van der Waals surface area contributed by atoms with Crippen LogP contribution in [0.1, 0.15) is 31.9 Å². The molecule has 0 aromatic heterocycles. The van der Waals surface area contributed by atoms with Crippen molar-refractivity contribution in [1.29, 1.82) is 0 Å². The smallest absolute Gasteiger partial charge is 0.250 e. The zero-order chi connectivity index (χ0) is 16.2. The minimum absolute atomic E-state index is 0.